The summed E-state index contributed by atoms with van der Waals surface area (Å²) in [6, 6.07) is 5.99. The Morgan fingerprint density at radius 2 is 1.88 bits per heavy atom. The van der Waals surface area contributed by atoms with Crippen LogP contribution in [-0.2, 0) is 11.3 Å². The van der Waals surface area contributed by atoms with Crippen LogP contribution in [-0.4, -0.2) is 19.8 Å². The molecule has 0 radical (unpaired) electrons. The smallest absolute Gasteiger partial charge is 0.0476 e. The summed E-state index contributed by atoms with van der Waals surface area (Å²) < 4.78 is 5.02. The highest BCUT2D eigenvalue weighted by Gasteiger charge is 2.02. The average molecular weight is 262 g/mol. The molecule has 0 aliphatic heterocycles. The molecular weight excluding hydrogens is 245 g/mol. The summed E-state index contributed by atoms with van der Waals surface area (Å²) in [5.41, 5.74) is 1.10. The highest BCUT2D eigenvalue weighted by atomic mass is 35.5. The summed E-state index contributed by atoms with van der Waals surface area (Å²) in [6.45, 7) is 3.67. The van der Waals surface area contributed by atoms with Crippen LogP contribution in [0.2, 0.25) is 10.0 Å². The van der Waals surface area contributed by atoms with Crippen molar-refractivity contribution >= 4 is 23.2 Å². The third-order valence-corrected chi connectivity index (χ3v) is 2.77. The lowest BCUT2D eigenvalue weighted by molar-refractivity contribution is 0.184. The van der Waals surface area contributed by atoms with Gasteiger partial charge in [-0.1, -0.05) is 23.2 Å². The van der Waals surface area contributed by atoms with Gasteiger partial charge in [-0.2, -0.15) is 0 Å². The highest BCUT2D eigenvalue weighted by Crippen LogP contribution is 2.18. The molecule has 0 saturated heterocycles. The zero-order valence-corrected chi connectivity index (χ0v) is 11.1. The minimum Gasteiger partial charge on any atom is -0.385 e. The van der Waals surface area contributed by atoms with E-state index in [0.717, 1.165) is 25.1 Å². The first-order valence-electron chi connectivity index (χ1n) is 5.29. The summed E-state index contributed by atoms with van der Waals surface area (Å²) in [5, 5.41) is 4.74. The zero-order valence-electron chi connectivity index (χ0n) is 9.59. The summed E-state index contributed by atoms with van der Waals surface area (Å²) in [4.78, 5) is 0. The maximum atomic E-state index is 5.92. The van der Waals surface area contributed by atoms with Crippen molar-refractivity contribution in [1.82, 2.24) is 5.32 Å². The third kappa shape index (κ3) is 5.17. The lowest BCUT2D eigenvalue weighted by Gasteiger charge is -2.13. The molecule has 1 aromatic carbocycles. The highest BCUT2D eigenvalue weighted by molar-refractivity contribution is 6.34. The lowest BCUT2D eigenvalue weighted by atomic mass is 10.2. The van der Waals surface area contributed by atoms with Crippen molar-refractivity contribution < 1.29 is 4.74 Å². The van der Waals surface area contributed by atoms with Gasteiger partial charge in [0.05, 0.1) is 0 Å². The van der Waals surface area contributed by atoms with E-state index in [1.807, 2.05) is 12.1 Å². The molecule has 0 fully saturated rings. The van der Waals surface area contributed by atoms with Crippen molar-refractivity contribution in [1.29, 1.82) is 0 Å². The molecule has 0 heterocycles. The maximum absolute atomic E-state index is 5.92. The molecule has 1 N–H and O–H groups in total. The molecule has 4 heteroatoms. The van der Waals surface area contributed by atoms with E-state index >= 15 is 0 Å². The Bertz CT molecular complexity index is 311. The number of halogens is 2. The van der Waals surface area contributed by atoms with Gasteiger partial charge in [-0.15, -0.1) is 0 Å². The zero-order chi connectivity index (χ0) is 12.0. The van der Waals surface area contributed by atoms with Gasteiger partial charge >= 0.3 is 0 Å². The third-order valence-electron chi connectivity index (χ3n) is 2.33. The molecule has 0 bridgehead atoms. The van der Waals surface area contributed by atoms with E-state index in [2.05, 4.69) is 12.2 Å². The first-order valence-corrected chi connectivity index (χ1v) is 6.04. The second kappa shape index (κ2) is 7.13. The van der Waals surface area contributed by atoms with E-state index < -0.39 is 0 Å². The Morgan fingerprint density at radius 3 is 2.44 bits per heavy atom. The maximum Gasteiger partial charge on any atom is 0.0476 e. The Hall–Kier alpha value is -0.280. The molecule has 0 amide bonds. The van der Waals surface area contributed by atoms with Crippen molar-refractivity contribution in [3.8, 4) is 0 Å². The summed E-state index contributed by atoms with van der Waals surface area (Å²) in [7, 11) is 1.71. The molecule has 0 spiro atoms. The fraction of sp³-hybridized carbons (Fsp3) is 0.500. The average Bonchev–Trinajstić information content (AvgIpc) is 2.22. The van der Waals surface area contributed by atoms with E-state index in [1.165, 1.54) is 0 Å². The van der Waals surface area contributed by atoms with Crippen LogP contribution < -0.4 is 5.32 Å². The van der Waals surface area contributed by atoms with Gasteiger partial charge in [0.15, 0.2) is 0 Å². The SMILES string of the molecule is COCCC(C)NCc1cc(Cl)cc(Cl)c1. The standard InChI is InChI=1S/C12H17Cl2NO/c1-9(3-4-16-2)15-8-10-5-11(13)7-12(14)6-10/h5-7,9,15H,3-4,8H2,1-2H3. The van der Waals surface area contributed by atoms with E-state index in [-0.39, 0.29) is 0 Å². The Morgan fingerprint density at radius 1 is 1.25 bits per heavy atom. The molecule has 0 aliphatic carbocycles. The Balaban J connectivity index is 2.41. The van der Waals surface area contributed by atoms with Crippen LogP contribution in [0.4, 0.5) is 0 Å². The number of ether oxygens (including phenoxy) is 1. The van der Waals surface area contributed by atoms with Crippen LogP contribution in [0.1, 0.15) is 18.9 Å². The van der Waals surface area contributed by atoms with Crippen LogP contribution in [0.3, 0.4) is 0 Å². The number of benzene rings is 1. The summed E-state index contributed by atoms with van der Waals surface area (Å²) in [6.07, 6.45) is 0.991. The minimum absolute atomic E-state index is 0.415. The summed E-state index contributed by atoms with van der Waals surface area (Å²) in [5.74, 6) is 0. The number of hydrogen-bond acceptors (Lipinski definition) is 2. The van der Waals surface area contributed by atoms with Gasteiger partial charge in [0.2, 0.25) is 0 Å². The first-order chi connectivity index (χ1) is 7.61. The van der Waals surface area contributed by atoms with Crippen molar-refractivity contribution in [2.75, 3.05) is 13.7 Å². The number of rotatable bonds is 6. The van der Waals surface area contributed by atoms with Crippen molar-refractivity contribution in [2.45, 2.75) is 25.9 Å². The molecule has 0 aliphatic rings. The molecule has 2 nitrogen and oxygen atoms in total. The van der Waals surface area contributed by atoms with E-state index in [0.29, 0.717) is 16.1 Å². The molecule has 16 heavy (non-hydrogen) atoms. The topological polar surface area (TPSA) is 21.3 Å². The Labute approximate surface area is 107 Å². The second-order valence-corrected chi connectivity index (χ2v) is 4.71. The van der Waals surface area contributed by atoms with E-state index in [9.17, 15) is 0 Å². The predicted molar refractivity (Wildman–Crippen MR) is 69.3 cm³/mol. The number of hydrogen-bond donors (Lipinski definition) is 1. The van der Waals surface area contributed by atoms with Gasteiger partial charge in [-0.05, 0) is 37.1 Å². The van der Waals surface area contributed by atoms with Gasteiger partial charge < -0.3 is 10.1 Å². The fourth-order valence-corrected chi connectivity index (χ4v) is 1.97. The second-order valence-electron chi connectivity index (χ2n) is 3.84. The fourth-order valence-electron chi connectivity index (χ4n) is 1.40. The molecule has 0 saturated carbocycles. The molecule has 0 aromatic heterocycles. The Kier molecular flexibility index (Phi) is 6.14. The normalized spacial score (nSPS) is 12.8. The predicted octanol–water partition coefficient (Wildman–Crippen LogP) is 3.51. The summed E-state index contributed by atoms with van der Waals surface area (Å²) >= 11 is 11.8. The molecule has 1 atom stereocenters. The van der Waals surface area contributed by atoms with Gasteiger partial charge in [0, 0.05) is 36.3 Å². The molecular formula is C12H17Cl2NO. The quantitative estimate of drug-likeness (QED) is 0.847. The number of nitrogens with one attached hydrogen (secondary N) is 1. The molecule has 1 aromatic rings. The van der Waals surface area contributed by atoms with Crippen molar-refractivity contribution in [3.05, 3.63) is 33.8 Å². The lowest BCUT2D eigenvalue weighted by Crippen LogP contribution is -2.26. The van der Waals surface area contributed by atoms with Gasteiger partial charge in [0.25, 0.3) is 0 Å². The van der Waals surface area contributed by atoms with Gasteiger partial charge in [0.1, 0.15) is 0 Å². The molecule has 90 valence electrons. The van der Waals surface area contributed by atoms with Gasteiger partial charge in [-0.3, -0.25) is 0 Å². The number of methoxy groups -OCH3 is 1. The van der Waals surface area contributed by atoms with Crippen LogP contribution >= 0.6 is 23.2 Å². The van der Waals surface area contributed by atoms with Crippen LogP contribution in [0, 0.1) is 0 Å². The van der Waals surface area contributed by atoms with Crippen LogP contribution in [0.15, 0.2) is 18.2 Å². The van der Waals surface area contributed by atoms with Crippen LogP contribution in [0.5, 0.6) is 0 Å². The van der Waals surface area contributed by atoms with Crippen molar-refractivity contribution in [3.63, 3.8) is 0 Å². The molecule has 1 rings (SSSR count). The van der Waals surface area contributed by atoms with E-state index in [4.69, 9.17) is 27.9 Å². The van der Waals surface area contributed by atoms with Gasteiger partial charge in [-0.25, -0.2) is 0 Å². The van der Waals surface area contributed by atoms with Crippen LogP contribution in [0.25, 0.3) is 0 Å². The first kappa shape index (κ1) is 13.8. The van der Waals surface area contributed by atoms with E-state index in [1.54, 1.807) is 13.2 Å². The minimum atomic E-state index is 0.415. The largest absolute Gasteiger partial charge is 0.385 e. The molecule has 1 unspecified atom stereocenters. The monoisotopic (exact) mass is 261 g/mol. The van der Waals surface area contributed by atoms with Crippen molar-refractivity contribution in [2.24, 2.45) is 0 Å².